The van der Waals surface area contributed by atoms with E-state index < -0.39 is 0 Å². The molecule has 4 nitrogen and oxygen atoms in total. The molecular formula is C20H30N2O2. The number of benzene rings is 1. The van der Waals surface area contributed by atoms with Crippen LogP contribution in [0, 0.1) is 5.92 Å². The quantitative estimate of drug-likeness (QED) is 0.851. The van der Waals surface area contributed by atoms with E-state index in [2.05, 4.69) is 42.2 Å². The number of amides is 1. The summed E-state index contributed by atoms with van der Waals surface area (Å²) in [6.07, 6.45) is 4.23. The van der Waals surface area contributed by atoms with Crippen molar-refractivity contribution < 1.29 is 9.53 Å². The summed E-state index contributed by atoms with van der Waals surface area (Å²) in [5, 5.41) is 0. The first-order valence-corrected chi connectivity index (χ1v) is 9.28. The first-order chi connectivity index (χ1) is 11.6. The third-order valence-electron chi connectivity index (χ3n) is 5.46. The predicted molar refractivity (Wildman–Crippen MR) is 95.6 cm³/mol. The maximum absolute atomic E-state index is 12.9. The fourth-order valence-electron chi connectivity index (χ4n) is 4.02. The average molecular weight is 330 g/mol. The van der Waals surface area contributed by atoms with Gasteiger partial charge in [0, 0.05) is 38.7 Å². The zero-order valence-corrected chi connectivity index (χ0v) is 15.0. The van der Waals surface area contributed by atoms with E-state index in [4.69, 9.17) is 4.74 Å². The third kappa shape index (κ3) is 4.37. The van der Waals surface area contributed by atoms with E-state index in [9.17, 15) is 4.79 Å². The number of hydrogen-bond acceptors (Lipinski definition) is 3. The summed E-state index contributed by atoms with van der Waals surface area (Å²) < 4.78 is 5.59. The van der Waals surface area contributed by atoms with Crippen LogP contribution in [0.5, 0.6) is 0 Å². The molecule has 0 radical (unpaired) electrons. The minimum atomic E-state index is 0.142. The molecule has 1 amide bonds. The Morgan fingerprint density at radius 3 is 2.83 bits per heavy atom. The number of rotatable bonds is 4. The highest BCUT2D eigenvalue weighted by molar-refractivity contribution is 5.79. The second-order valence-electron chi connectivity index (χ2n) is 7.37. The normalized spacial score (nSPS) is 28.5. The molecule has 2 heterocycles. The van der Waals surface area contributed by atoms with Crippen molar-refractivity contribution in [1.29, 1.82) is 0 Å². The summed E-state index contributed by atoms with van der Waals surface area (Å²) in [5.74, 6) is 0.458. The monoisotopic (exact) mass is 330 g/mol. The van der Waals surface area contributed by atoms with Crippen LogP contribution < -0.4 is 0 Å². The van der Waals surface area contributed by atoms with E-state index in [1.807, 2.05) is 11.9 Å². The van der Waals surface area contributed by atoms with Crippen molar-refractivity contribution in [1.82, 2.24) is 9.80 Å². The number of piperidine rings is 1. The Morgan fingerprint density at radius 2 is 2.08 bits per heavy atom. The Bertz CT molecular complexity index is 534. The van der Waals surface area contributed by atoms with Gasteiger partial charge in [0.15, 0.2) is 0 Å². The highest BCUT2D eigenvalue weighted by Gasteiger charge is 2.32. The van der Waals surface area contributed by atoms with Crippen LogP contribution in [0.1, 0.15) is 38.2 Å². The van der Waals surface area contributed by atoms with Gasteiger partial charge in [0.05, 0.1) is 6.10 Å². The zero-order chi connectivity index (χ0) is 16.9. The van der Waals surface area contributed by atoms with E-state index >= 15 is 0 Å². The summed E-state index contributed by atoms with van der Waals surface area (Å²) in [6, 6.07) is 11.0. The van der Waals surface area contributed by atoms with Crippen molar-refractivity contribution in [3.8, 4) is 0 Å². The molecule has 1 aromatic rings. The number of likely N-dealkylation sites (tertiary alicyclic amines) is 1. The van der Waals surface area contributed by atoms with Gasteiger partial charge in [0.25, 0.3) is 0 Å². The third-order valence-corrected chi connectivity index (χ3v) is 5.46. The van der Waals surface area contributed by atoms with Crippen molar-refractivity contribution in [3.63, 3.8) is 0 Å². The van der Waals surface area contributed by atoms with Crippen LogP contribution >= 0.6 is 0 Å². The summed E-state index contributed by atoms with van der Waals surface area (Å²) in [4.78, 5) is 17.4. The molecule has 2 aliphatic heterocycles. The van der Waals surface area contributed by atoms with Crippen molar-refractivity contribution in [2.45, 2.75) is 51.3 Å². The molecule has 2 fully saturated rings. The number of nitrogens with zero attached hydrogens (tertiary/aromatic N) is 2. The van der Waals surface area contributed by atoms with Crippen LogP contribution in [0.3, 0.4) is 0 Å². The SMILES string of the molecule is CC1CC(C(=O)N(C)C2CCCN(Cc3ccccc3)C2)CCO1. The van der Waals surface area contributed by atoms with E-state index in [1.54, 1.807) is 0 Å². The Morgan fingerprint density at radius 1 is 1.29 bits per heavy atom. The van der Waals surface area contributed by atoms with Gasteiger partial charge < -0.3 is 9.64 Å². The maximum Gasteiger partial charge on any atom is 0.225 e. The van der Waals surface area contributed by atoms with Crippen LogP contribution in [0.4, 0.5) is 0 Å². The van der Waals surface area contributed by atoms with Crippen LogP contribution in [-0.4, -0.2) is 54.6 Å². The summed E-state index contributed by atoms with van der Waals surface area (Å²) in [7, 11) is 2.00. The first-order valence-electron chi connectivity index (χ1n) is 9.28. The minimum Gasteiger partial charge on any atom is -0.378 e. The molecule has 2 saturated heterocycles. The van der Waals surface area contributed by atoms with Crippen LogP contribution in [0.25, 0.3) is 0 Å². The summed E-state index contributed by atoms with van der Waals surface area (Å²) >= 11 is 0. The van der Waals surface area contributed by atoms with Gasteiger partial charge in [-0.05, 0) is 44.7 Å². The Labute approximate surface area is 145 Å². The lowest BCUT2D eigenvalue weighted by atomic mass is 9.93. The number of hydrogen-bond donors (Lipinski definition) is 0. The molecule has 0 bridgehead atoms. The lowest BCUT2D eigenvalue weighted by Crippen LogP contribution is -2.50. The van der Waals surface area contributed by atoms with E-state index in [0.717, 1.165) is 45.5 Å². The second kappa shape index (κ2) is 8.13. The number of likely N-dealkylation sites (N-methyl/N-ethyl adjacent to an activating group) is 1. The van der Waals surface area contributed by atoms with Gasteiger partial charge >= 0.3 is 0 Å². The topological polar surface area (TPSA) is 32.8 Å². The van der Waals surface area contributed by atoms with E-state index in [1.165, 1.54) is 12.0 Å². The van der Waals surface area contributed by atoms with Gasteiger partial charge in [-0.1, -0.05) is 30.3 Å². The molecule has 3 atom stereocenters. The molecule has 0 N–H and O–H groups in total. The number of carbonyl (C=O) groups excluding carboxylic acids is 1. The lowest BCUT2D eigenvalue weighted by Gasteiger charge is -2.39. The fraction of sp³-hybridized carbons (Fsp3) is 0.650. The smallest absolute Gasteiger partial charge is 0.225 e. The van der Waals surface area contributed by atoms with Gasteiger partial charge in [-0.2, -0.15) is 0 Å². The summed E-state index contributed by atoms with van der Waals surface area (Å²) in [6.45, 7) is 5.88. The molecule has 0 saturated carbocycles. The Kier molecular flexibility index (Phi) is 5.90. The van der Waals surface area contributed by atoms with Gasteiger partial charge in [-0.3, -0.25) is 9.69 Å². The molecule has 3 unspecified atom stereocenters. The largest absolute Gasteiger partial charge is 0.378 e. The highest BCUT2D eigenvalue weighted by atomic mass is 16.5. The first kappa shape index (κ1) is 17.4. The van der Waals surface area contributed by atoms with Gasteiger partial charge in [0.1, 0.15) is 0 Å². The number of carbonyl (C=O) groups is 1. The van der Waals surface area contributed by atoms with Crippen LogP contribution in [-0.2, 0) is 16.1 Å². The molecule has 132 valence electrons. The van der Waals surface area contributed by atoms with Gasteiger partial charge in [0.2, 0.25) is 5.91 Å². The predicted octanol–water partition coefficient (Wildman–Crippen LogP) is 2.92. The van der Waals surface area contributed by atoms with Gasteiger partial charge in [-0.15, -0.1) is 0 Å². The van der Waals surface area contributed by atoms with Crippen molar-refractivity contribution >= 4 is 5.91 Å². The molecule has 4 heteroatoms. The van der Waals surface area contributed by atoms with Crippen molar-refractivity contribution in [2.75, 3.05) is 26.7 Å². The molecule has 3 rings (SSSR count). The van der Waals surface area contributed by atoms with E-state index in [-0.39, 0.29) is 12.0 Å². The minimum absolute atomic E-state index is 0.142. The van der Waals surface area contributed by atoms with Gasteiger partial charge in [-0.25, -0.2) is 0 Å². The maximum atomic E-state index is 12.9. The van der Waals surface area contributed by atoms with Crippen LogP contribution in [0.2, 0.25) is 0 Å². The number of ether oxygens (including phenoxy) is 1. The average Bonchev–Trinajstić information content (AvgIpc) is 2.61. The molecular weight excluding hydrogens is 300 g/mol. The van der Waals surface area contributed by atoms with E-state index in [0.29, 0.717) is 11.9 Å². The lowest BCUT2D eigenvalue weighted by molar-refractivity contribution is -0.142. The Hall–Kier alpha value is -1.39. The zero-order valence-electron chi connectivity index (χ0n) is 15.0. The molecule has 1 aromatic carbocycles. The molecule has 0 aromatic heterocycles. The van der Waals surface area contributed by atoms with Crippen molar-refractivity contribution in [3.05, 3.63) is 35.9 Å². The van der Waals surface area contributed by atoms with Crippen LogP contribution in [0.15, 0.2) is 30.3 Å². The molecule has 0 spiro atoms. The molecule has 0 aliphatic carbocycles. The Balaban J connectivity index is 1.56. The standard InChI is InChI=1S/C20H30N2O2/c1-16-13-18(10-12-24-16)20(23)21(2)19-9-6-11-22(15-19)14-17-7-4-3-5-8-17/h3-5,7-8,16,18-19H,6,9-15H2,1-2H3. The second-order valence-corrected chi connectivity index (χ2v) is 7.37. The summed E-state index contributed by atoms with van der Waals surface area (Å²) in [5.41, 5.74) is 1.35. The fourth-order valence-corrected chi connectivity index (χ4v) is 4.02. The van der Waals surface area contributed by atoms with Crippen molar-refractivity contribution in [2.24, 2.45) is 5.92 Å². The molecule has 24 heavy (non-hydrogen) atoms. The highest BCUT2D eigenvalue weighted by Crippen LogP contribution is 2.24. The molecule has 2 aliphatic rings.